The Hall–Kier alpha value is -3.11. The van der Waals surface area contributed by atoms with Gasteiger partial charge in [0.05, 0.1) is 17.2 Å². The molecule has 0 spiro atoms. The molecule has 2 amide bonds. The largest absolute Gasteiger partial charge is 0.494 e. The molecule has 1 saturated heterocycles. The number of carbonyl (C=O) groups excluding carboxylic acids is 2. The second-order valence-corrected chi connectivity index (χ2v) is 9.92. The molecule has 0 aliphatic carbocycles. The van der Waals surface area contributed by atoms with Crippen molar-refractivity contribution in [1.29, 1.82) is 0 Å². The number of fused-ring (bicyclic) bond motifs is 1. The van der Waals surface area contributed by atoms with E-state index in [9.17, 15) is 18.0 Å². The normalized spacial score (nSPS) is 18.8. The molecule has 9 nitrogen and oxygen atoms in total. The predicted molar refractivity (Wildman–Crippen MR) is 122 cm³/mol. The molecule has 2 aromatic carbocycles. The van der Waals surface area contributed by atoms with Gasteiger partial charge in [0.2, 0.25) is 10.0 Å². The van der Waals surface area contributed by atoms with Crippen LogP contribution in [-0.4, -0.2) is 68.3 Å². The Morgan fingerprint density at radius 1 is 1.15 bits per heavy atom. The average Bonchev–Trinajstić information content (AvgIpc) is 2.80. The van der Waals surface area contributed by atoms with Gasteiger partial charge in [0, 0.05) is 37.8 Å². The summed E-state index contributed by atoms with van der Waals surface area (Å²) in [7, 11) is -3.80. The highest BCUT2D eigenvalue weighted by Gasteiger charge is 2.33. The molecule has 1 N–H and O–H groups in total. The Morgan fingerprint density at radius 3 is 2.45 bits per heavy atom. The van der Waals surface area contributed by atoms with Gasteiger partial charge in [0.25, 0.3) is 11.8 Å². The van der Waals surface area contributed by atoms with Crippen LogP contribution in [0.5, 0.6) is 11.5 Å². The summed E-state index contributed by atoms with van der Waals surface area (Å²) in [6.07, 6.45) is -0.701. The van der Waals surface area contributed by atoms with Gasteiger partial charge in [0.15, 0.2) is 6.10 Å². The molecule has 2 aliphatic heterocycles. The van der Waals surface area contributed by atoms with Crippen LogP contribution in [0.25, 0.3) is 0 Å². The van der Waals surface area contributed by atoms with Crippen LogP contribution in [0.4, 0.5) is 5.69 Å². The summed E-state index contributed by atoms with van der Waals surface area (Å²) >= 11 is 0. The average molecular weight is 474 g/mol. The number of anilines is 1. The number of hydrogen-bond acceptors (Lipinski definition) is 6. The number of hydrogen-bond donors (Lipinski definition) is 1. The lowest BCUT2D eigenvalue weighted by atomic mass is 10.1. The second-order valence-electron chi connectivity index (χ2n) is 8.02. The molecular formula is C23H27N3O6S. The molecule has 2 heterocycles. The number of ether oxygens (including phenoxy) is 2. The quantitative estimate of drug-likeness (QED) is 0.714. The Balaban J connectivity index is 1.46. The van der Waals surface area contributed by atoms with Gasteiger partial charge in [-0.25, -0.2) is 8.42 Å². The predicted octanol–water partition coefficient (Wildman–Crippen LogP) is 2.26. The summed E-state index contributed by atoms with van der Waals surface area (Å²) in [6.45, 7) is 6.69. The fourth-order valence-electron chi connectivity index (χ4n) is 3.93. The summed E-state index contributed by atoms with van der Waals surface area (Å²) in [5.74, 6) is 0.614. The van der Waals surface area contributed by atoms with Gasteiger partial charge >= 0.3 is 0 Å². The van der Waals surface area contributed by atoms with Gasteiger partial charge in [-0.2, -0.15) is 4.31 Å². The van der Waals surface area contributed by atoms with Gasteiger partial charge in [-0.1, -0.05) is 0 Å². The van der Waals surface area contributed by atoms with Crippen LogP contribution in [0.1, 0.15) is 29.8 Å². The van der Waals surface area contributed by atoms with E-state index in [1.165, 1.54) is 10.4 Å². The van der Waals surface area contributed by atoms with Crippen molar-refractivity contribution in [2.75, 3.05) is 38.1 Å². The van der Waals surface area contributed by atoms with E-state index in [1.807, 2.05) is 6.92 Å². The molecule has 4 rings (SSSR count). The minimum Gasteiger partial charge on any atom is -0.494 e. The lowest BCUT2D eigenvalue weighted by Crippen LogP contribution is -2.50. The number of amides is 2. The zero-order valence-corrected chi connectivity index (χ0v) is 19.6. The van der Waals surface area contributed by atoms with Gasteiger partial charge in [-0.3, -0.25) is 9.59 Å². The molecule has 176 valence electrons. The topological polar surface area (TPSA) is 105 Å². The van der Waals surface area contributed by atoms with Crippen LogP contribution >= 0.6 is 0 Å². The number of carbonyl (C=O) groups is 2. The molecule has 33 heavy (non-hydrogen) atoms. The fourth-order valence-corrected chi connectivity index (χ4v) is 5.58. The standard InChI is InChI=1S/C23H27N3O6S/c1-4-31-18-7-5-17(6-8-18)23(28)25-9-11-26(12-10-25)33(29,30)21-14-20-19(13-15(21)2)24-22(27)16(3)32-20/h5-8,13-14,16H,4,9-12H2,1-3H3,(H,24,27). The minimum atomic E-state index is -3.80. The lowest BCUT2D eigenvalue weighted by Gasteiger charge is -2.34. The molecule has 2 aromatic rings. The van der Waals surface area contributed by atoms with Crippen LogP contribution in [0.15, 0.2) is 41.3 Å². The van der Waals surface area contributed by atoms with Crippen LogP contribution in [0.2, 0.25) is 0 Å². The number of rotatable bonds is 5. The van der Waals surface area contributed by atoms with Crippen LogP contribution in [0.3, 0.4) is 0 Å². The van der Waals surface area contributed by atoms with E-state index in [0.717, 1.165) is 0 Å². The Labute approximate surface area is 193 Å². The number of nitrogens with zero attached hydrogens (tertiary/aromatic N) is 2. The molecule has 0 aromatic heterocycles. The first-order valence-corrected chi connectivity index (χ1v) is 12.3. The number of piperazine rings is 1. The van der Waals surface area contributed by atoms with Gasteiger partial charge in [0.1, 0.15) is 11.5 Å². The highest BCUT2D eigenvalue weighted by Crippen LogP contribution is 2.35. The Kier molecular flexibility index (Phi) is 6.31. The molecule has 0 bridgehead atoms. The maximum Gasteiger partial charge on any atom is 0.265 e. The van der Waals surface area contributed by atoms with E-state index in [0.29, 0.717) is 48.0 Å². The van der Waals surface area contributed by atoms with E-state index in [-0.39, 0.29) is 29.8 Å². The van der Waals surface area contributed by atoms with Crippen LogP contribution in [0, 0.1) is 6.92 Å². The monoisotopic (exact) mass is 473 g/mol. The Morgan fingerprint density at radius 2 is 1.82 bits per heavy atom. The fraction of sp³-hybridized carbons (Fsp3) is 0.391. The number of aryl methyl sites for hydroxylation is 1. The summed E-state index contributed by atoms with van der Waals surface area (Å²) in [5, 5.41) is 2.73. The number of sulfonamides is 1. The summed E-state index contributed by atoms with van der Waals surface area (Å²) in [4.78, 5) is 26.5. The first-order valence-electron chi connectivity index (χ1n) is 10.8. The molecule has 2 aliphatic rings. The van der Waals surface area contributed by atoms with Crippen molar-refractivity contribution < 1.29 is 27.5 Å². The van der Waals surface area contributed by atoms with Crippen molar-refractivity contribution in [3.05, 3.63) is 47.5 Å². The maximum atomic E-state index is 13.4. The first kappa shape index (κ1) is 23.1. The third-order valence-corrected chi connectivity index (χ3v) is 7.80. The molecule has 1 fully saturated rings. The smallest absolute Gasteiger partial charge is 0.265 e. The molecule has 1 atom stereocenters. The SMILES string of the molecule is CCOc1ccc(C(=O)N2CCN(S(=O)(=O)c3cc4c(cc3C)NC(=O)C(C)O4)CC2)cc1. The zero-order chi connectivity index (χ0) is 23.8. The van der Waals surface area contributed by atoms with E-state index in [4.69, 9.17) is 9.47 Å². The summed E-state index contributed by atoms with van der Waals surface area (Å²) in [5.41, 5.74) is 1.51. The molecule has 0 radical (unpaired) electrons. The highest BCUT2D eigenvalue weighted by molar-refractivity contribution is 7.89. The number of nitrogens with one attached hydrogen (secondary N) is 1. The van der Waals surface area contributed by atoms with E-state index in [2.05, 4.69) is 5.32 Å². The summed E-state index contributed by atoms with van der Waals surface area (Å²) in [6, 6.07) is 10.0. The van der Waals surface area contributed by atoms with E-state index < -0.39 is 16.1 Å². The van der Waals surface area contributed by atoms with Gasteiger partial charge in [-0.15, -0.1) is 0 Å². The van der Waals surface area contributed by atoms with Crippen molar-refractivity contribution in [3.63, 3.8) is 0 Å². The van der Waals surface area contributed by atoms with Crippen molar-refractivity contribution in [2.45, 2.75) is 31.8 Å². The van der Waals surface area contributed by atoms with Crippen LogP contribution in [-0.2, 0) is 14.8 Å². The number of benzene rings is 2. The van der Waals surface area contributed by atoms with Crippen molar-refractivity contribution in [1.82, 2.24) is 9.21 Å². The Bertz CT molecular complexity index is 1170. The van der Waals surface area contributed by atoms with Gasteiger partial charge < -0.3 is 19.7 Å². The van der Waals surface area contributed by atoms with Crippen molar-refractivity contribution >= 4 is 27.5 Å². The molecule has 0 saturated carbocycles. The maximum absolute atomic E-state index is 13.4. The van der Waals surface area contributed by atoms with E-state index >= 15 is 0 Å². The van der Waals surface area contributed by atoms with Crippen molar-refractivity contribution in [3.8, 4) is 11.5 Å². The van der Waals surface area contributed by atoms with Crippen LogP contribution < -0.4 is 14.8 Å². The third-order valence-electron chi connectivity index (χ3n) is 5.76. The van der Waals surface area contributed by atoms with E-state index in [1.54, 1.807) is 49.1 Å². The van der Waals surface area contributed by atoms with Crippen molar-refractivity contribution in [2.24, 2.45) is 0 Å². The second kappa shape index (κ2) is 9.03. The third kappa shape index (κ3) is 4.53. The molecular weight excluding hydrogens is 446 g/mol. The first-order chi connectivity index (χ1) is 15.7. The lowest BCUT2D eigenvalue weighted by molar-refractivity contribution is -0.122. The molecule has 1 unspecified atom stereocenters. The molecule has 10 heteroatoms. The zero-order valence-electron chi connectivity index (χ0n) is 18.8. The minimum absolute atomic E-state index is 0.135. The van der Waals surface area contributed by atoms with Gasteiger partial charge in [-0.05, 0) is 56.7 Å². The summed E-state index contributed by atoms with van der Waals surface area (Å²) < 4.78 is 39.1. The highest BCUT2D eigenvalue weighted by atomic mass is 32.2.